The zero-order valence-corrected chi connectivity index (χ0v) is 11.1. The molecule has 0 aliphatic carbocycles. The Kier molecular flexibility index (Phi) is 5.38. The fraction of sp³-hybridized carbons (Fsp3) is 0.615. The maximum Gasteiger partial charge on any atom is 0.178 e. The Labute approximate surface area is 103 Å². The lowest BCUT2D eigenvalue weighted by Crippen LogP contribution is -2.29. The van der Waals surface area contributed by atoms with Crippen LogP contribution in [0.3, 0.4) is 0 Å². The molecule has 0 bridgehead atoms. The Morgan fingerprint density at radius 3 is 2.76 bits per heavy atom. The van der Waals surface area contributed by atoms with Crippen LogP contribution in [0, 0.1) is 0 Å². The average Bonchev–Trinajstić information content (AvgIpc) is 2.64. The fourth-order valence-electron chi connectivity index (χ4n) is 1.53. The Balaban J connectivity index is 2.31. The first-order valence-electron chi connectivity index (χ1n) is 5.94. The van der Waals surface area contributed by atoms with Gasteiger partial charge in [0.1, 0.15) is 0 Å². The molecule has 1 aromatic heterocycles. The van der Waals surface area contributed by atoms with E-state index >= 15 is 0 Å². The van der Waals surface area contributed by atoms with Crippen LogP contribution >= 0.6 is 0 Å². The van der Waals surface area contributed by atoms with Crippen molar-refractivity contribution in [3.63, 3.8) is 0 Å². The number of hydrogen-bond acceptors (Lipinski definition) is 3. The van der Waals surface area contributed by atoms with E-state index in [1.54, 1.807) is 0 Å². The highest BCUT2D eigenvalue weighted by Crippen LogP contribution is 2.02. The Morgan fingerprint density at radius 2 is 2.24 bits per heavy atom. The number of likely N-dealkylation sites (N-methyl/N-ethyl adjacent to an activating group) is 1. The summed E-state index contributed by atoms with van der Waals surface area (Å²) in [6, 6.07) is 1.85. The number of rotatable bonds is 7. The summed E-state index contributed by atoms with van der Waals surface area (Å²) in [7, 11) is 3.85. The molecule has 96 valence electrons. The highest BCUT2D eigenvalue weighted by Gasteiger charge is 2.10. The van der Waals surface area contributed by atoms with Crippen molar-refractivity contribution in [3.05, 3.63) is 24.0 Å². The monoisotopic (exact) mass is 238 g/mol. The third-order valence-corrected chi connectivity index (χ3v) is 2.49. The molecule has 0 atom stereocenters. The number of ether oxygens (including phenoxy) is 1. The zero-order valence-electron chi connectivity index (χ0n) is 11.1. The van der Waals surface area contributed by atoms with Crippen LogP contribution in [0.2, 0.25) is 0 Å². The van der Waals surface area contributed by atoms with Gasteiger partial charge in [-0.1, -0.05) is 0 Å². The molecule has 0 radical (unpaired) electrons. The van der Waals surface area contributed by atoms with E-state index in [-0.39, 0.29) is 11.9 Å². The van der Waals surface area contributed by atoms with Crippen molar-refractivity contribution < 1.29 is 9.53 Å². The number of nitrogens with zero attached hydrogens (tertiary/aromatic N) is 2. The molecular formula is C13H22N2O2. The van der Waals surface area contributed by atoms with Gasteiger partial charge >= 0.3 is 0 Å². The van der Waals surface area contributed by atoms with E-state index in [0.29, 0.717) is 13.2 Å². The first-order valence-corrected chi connectivity index (χ1v) is 5.94. The molecule has 0 unspecified atom stereocenters. The highest BCUT2D eigenvalue weighted by atomic mass is 16.5. The summed E-state index contributed by atoms with van der Waals surface area (Å²) in [6.07, 6.45) is 3.98. The van der Waals surface area contributed by atoms with Gasteiger partial charge in [0.2, 0.25) is 0 Å². The fourth-order valence-corrected chi connectivity index (χ4v) is 1.53. The van der Waals surface area contributed by atoms with E-state index in [2.05, 4.69) is 0 Å². The smallest absolute Gasteiger partial charge is 0.178 e. The molecule has 0 saturated carbocycles. The summed E-state index contributed by atoms with van der Waals surface area (Å²) in [5.74, 6) is 0.151. The van der Waals surface area contributed by atoms with Crippen LogP contribution in [0.4, 0.5) is 0 Å². The van der Waals surface area contributed by atoms with Crippen molar-refractivity contribution in [2.75, 3.05) is 26.7 Å². The molecule has 1 heterocycles. The van der Waals surface area contributed by atoms with Gasteiger partial charge in [-0.3, -0.25) is 9.69 Å². The minimum absolute atomic E-state index is 0.151. The normalized spacial score (nSPS) is 11.4. The predicted molar refractivity (Wildman–Crippen MR) is 68.3 cm³/mol. The van der Waals surface area contributed by atoms with Gasteiger partial charge in [-0.2, -0.15) is 0 Å². The van der Waals surface area contributed by atoms with Crippen LogP contribution in [-0.2, 0) is 11.8 Å². The summed E-state index contributed by atoms with van der Waals surface area (Å²) < 4.78 is 7.33. The lowest BCUT2D eigenvalue weighted by atomic mass is 10.2. The average molecular weight is 238 g/mol. The number of carbonyl (C=O) groups excluding carboxylic acids is 1. The molecule has 17 heavy (non-hydrogen) atoms. The summed E-state index contributed by atoms with van der Waals surface area (Å²) in [4.78, 5) is 13.9. The molecule has 1 aromatic rings. The van der Waals surface area contributed by atoms with Crippen molar-refractivity contribution in [3.8, 4) is 0 Å². The van der Waals surface area contributed by atoms with E-state index in [1.165, 1.54) is 0 Å². The van der Waals surface area contributed by atoms with Crippen molar-refractivity contribution >= 4 is 5.78 Å². The van der Waals surface area contributed by atoms with Gasteiger partial charge in [0.15, 0.2) is 5.78 Å². The number of carbonyl (C=O) groups is 1. The van der Waals surface area contributed by atoms with Gasteiger partial charge in [-0.15, -0.1) is 0 Å². The van der Waals surface area contributed by atoms with Gasteiger partial charge in [-0.05, 0) is 27.0 Å². The van der Waals surface area contributed by atoms with E-state index in [1.807, 2.05) is 55.9 Å². The molecule has 1 rings (SSSR count). The Hall–Kier alpha value is -1.13. The van der Waals surface area contributed by atoms with Gasteiger partial charge in [0, 0.05) is 31.5 Å². The minimum atomic E-state index is 0.151. The zero-order chi connectivity index (χ0) is 12.8. The summed E-state index contributed by atoms with van der Waals surface area (Å²) in [6.45, 7) is 5.89. The SMILES string of the molecule is CC(C)OCCN(C)CC(=O)c1ccn(C)c1. The van der Waals surface area contributed by atoms with Gasteiger partial charge in [0.25, 0.3) is 0 Å². The predicted octanol–water partition coefficient (Wildman–Crippen LogP) is 1.56. The molecule has 0 aliphatic rings. The molecule has 0 aromatic carbocycles. The number of aromatic nitrogens is 1. The Morgan fingerprint density at radius 1 is 1.53 bits per heavy atom. The van der Waals surface area contributed by atoms with Crippen LogP contribution in [0.1, 0.15) is 24.2 Å². The van der Waals surface area contributed by atoms with Crippen molar-refractivity contribution in [2.45, 2.75) is 20.0 Å². The molecule has 0 saturated heterocycles. The quantitative estimate of drug-likeness (QED) is 0.676. The first-order chi connectivity index (χ1) is 7.99. The van der Waals surface area contributed by atoms with Crippen LogP contribution in [0.25, 0.3) is 0 Å². The lowest BCUT2D eigenvalue weighted by Gasteiger charge is -2.16. The van der Waals surface area contributed by atoms with Gasteiger partial charge in [0.05, 0.1) is 19.3 Å². The van der Waals surface area contributed by atoms with Crippen LogP contribution in [0.5, 0.6) is 0 Å². The number of aryl methyl sites for hydroxylation is 1. The summed E-state index contributed by atoms with van der Waals surface area (Å²) in [5, 5.41) is 0. The molecule has 0 amide bonds. The number of ketones is 1. The molecule has 0 aliphatic heterocycles. The number of hydrogen-bond donors (Lipinski definition) is 0. The largest absolute Gasteiger partial charge is 0.377 e. The second-order valence-electron chi connectivity index (χ2n) is 4.65. The van der Waals surface area contributed by atoms with E-state index in [0.717, 1.165) is 12.1 Å². The molecule has 0 spiro atoms. The molecule has 0 N–H and O–H groups in total. The topological polar surface area (TPSA) is 34.5 Å². The maximum atomic E-state index is 11.9. The third-order valence-electron chi connectivity index (χ3n) is 2.49. The molecule has 4 heteroatoms. The standard InChI is InChI=1S/C13H22N2O2/c1-11(2)17-8-7-15(4)10-13(16)12-5-6-14(3)9-12/h5-6,9,11H,7-8,10H2,1-4H3. The molecule has 4 nitrogen and oxygen atoms in total. The van der Waals surface area contributed by atoms with Crippen molar-refractivity contribution in [1.82, 2.24) is 9.47 Å². The lowest BCUT2D eigenvalue weighted by molar-refractivity contribution is 0.0619. The first kappa shape index (κ1) is 13.9. The second kappa shape index (κ2) is 6.57. The summed E-state index contributed by atoms with van der Waals surface area (Å²) in [5.41, 5.74) is 0.768. The Bertz CT molecular complexity index is 358. The molecule has 0 fully saturated rings. The van der Waals surface area contributed by atoms with Crippen LogP contribution < -0.4 is 0 Å². The van der Waals surface area contributed by atoms with Crippen molar-refractivity contribution in [2.24, 2.45) is 7.05 Å². The van der Waals surface area contributed by atoms with Crippen LogP contribution in [-0.4, -0.2) is 48.1 Å². The molecular weight excluding hydrogens is 216 g/mol. The van der Waals surface area contributed by atoms with E-state index in [4.69, 9.17) is 4.74 Å². The number of Topliss-reactive ketones (excluding diaryl/α,β-unsaturated/α-hetero) is 1. The van der Waals surface area contributed by atoms with Crippen molar-refractivity contribution in [1.29, 1.82) is 0 Å². The maximum absolute atomic E-state index is 11.9. The van der Waals surface area contributed by atoms with Gasteiger partial charge < -0.3 is 9.30 Å². The van der Waals surface area contributed by atoms with Crippen LogP contribution in [0.15, 0.2) is 18.5 Å². The minimum Gasteiger partial charge on any atom is -0.377 e. The van der Waals surface area contributed by atoms with Gasteiger partial charge in [-0.25, -0.2) is 0 Å². The summed E-state index contributed by atoms with van der Waals surface area (Å²) >= 11 is 0. The third kappa shape index (κ3) is 5.15. The van der Waals surface area contributed by atoms with E-state index in [9.17, 15) is 4.79 Å². The second-order valence-corrected chi connectivity index (χ2v) is 4.65. The highest BCUT2D eigenvalue weighted by molar-refractivity contribution is 5.97. The van der Waals surface area contributed by atoms with E-state index < -0.39 is 0 Å².